The van der Waals surface area contributed by atoms with Crippen molar-refractivity contribution in [3.8, 4) is 0 Å². The molecule has 2 aliphatic rings. The van der Waals surface area contributed by atoms with Gasteiger partial charge in [0.1, 0.15) is 5.60 Å². The van der Waals surface area contributed by atoms with Gasteiger partial charge in [0.2, 0.25) is 5.91 Å². The molecule has 0 saturated carbocycles. The van der Waals surface area contributed by atoms with E-state index in [1.807, 2.05) is 25.7 Å². The zero-order chi connectivity index (χ0) is 15.6. The first kappa shape index (κ1) is 16.1. The summed E-state index contributed by atoms with van der Waals surface area (Å²) in [5.41, 5.74) is -0.435. The molecule has 0 radical (unpaired) electrons. The highest BCUT2D eigenvalue weighted by molar-refractivity contribution is 5.73. The Balaban J connectivity index is 1.65. The number of rotatable bonds is 2. The van der Waals surface area contributed by atoms with E-state index in [1.165, 1.54) is 0 Å². The number of carbonyl (C=O) groups is 2. The van der Waals surface area contributed by atoms with Crippen molar-refractivity contribution in [1.82, 2.24) is 15.1 Å². The summed E-state index contributed by atoms with van der Waals surface area (Å²) in [6.45, 7) is 10.3. The maximum Gasteiger partial charge on any atom is 0.410 e. The highest BCUT2D eigenvalue weighted by Gasteiger charge is 2.35. The number of hydrogen-bond acceptors (Lipinski definition) is 4. The van der Waals surface area contributed by atoms with Crippen LogP contribution in [0.25, 0.3) is 0 Å². The molecular formula is C15H27N3O3. The molecule has 120 valence electrons. The summed E-state index contributed by atoms with van der Waals surface area (Å²) in [5, 5.41) is 3.58. The molecule has 2 rings (SSSR count). The normalized spacial score (nSPS) is 21.1. The number of amides is 2. The minimum atomic E-state index is -0.435. The van der Waals surface area contributed by atoms with Gasteiger partial charge in [0.25, 0.3) is 0 Å². The van der Waals surface area contributed by atoms with E-state index in [0.29, 0.717) is 25.2 Å². The molecule has 6 nitrogen and oxygen atoms in total. The van der Waals surface area contributed by atoms with E-state index in [2.05, 4.69) is 5.32 Å². The molecule has 0 aromatic carbocycles. The molecule has 2 heterocycles. The van der Waals surface area contributed by atoms with Gasteiger partial charge in [-0.2, -0.15) is 0 Å². The van der Waals surface area contributed by atoms with Crippen LogP contribution in [0.4, 0.5) is 4.79 Å². The lowest BCUT2D eigenvalue weighted by atomic mass is 10.0. The van der Waals surface area contributed by atoms with Gasteiger partial charge in [-0.15, -0.1) is 0 Å². The Morgan fingerprint density at radius 3 is 2.10 bits per heavy atom. The molecule has 6 heteroatoms. The van der Waals surface area contributed by atoms with E-state index in [4.69, 9.17) is 4.74 Å². The zero-order valence-corrected chi connectivity index (χ0v) is 13.5. The first-order valence-corrected chi connectivity index (χ1v) is 7.74. The second-order valence-corrected chi connectivity index (χ2v) is 7.03. The van der Waals surface area contributed by atoms with Crippen LogP contribution in [0.1, 0.15) is 40.5 Å². The summed E-state index contributed by atoms with van der Waals surface area (Å²) in [5.74, 6) is 0.160. The molecule has 2 aliphatic heterocycles. The fourth-order valence-electron chi connectivity index (χ4n) is 2.75. The second-order valence-electron chi connectivity index (χ2n) is 7.03. The van der Waals surface area contributed by atoms with Crippen LogP contribution in [-0.4, -0.2) is 65.7 Å². The van der Waals surface area contributed by atoms with Gasteiger partial charge < -0.3 is 19.9 Å². The molecule has 0 aromatic rings. The largest absolute Gasteiger partial charge is 0.444 e. The lowest BCUT2D eigenvalue weighted by Crippen LogP contribution is -2.63. The summed E-state index contributed by atoms with van der Waals surface area (Å²) < 4.78 is 5.34. The summed E-state index contributed by atoms with van der Waals surface area (Å²) in [7, 11) is 0. The number of piperidine rings is 1. The van der Waals surface area contributed by atoms with Gasteiger partial charge in [0.15, 0.2) is 0 Å². The number of carbonyl (C=O) groups excluding carboxylic acids is 2. The number of ether oxygens (including phenoxy) is 1. The Bertz CT molecular complexity index is 391. The lowest BCUT2D eigenvalue weighted by Gasteiger charge is -2.43. The highest BCUT2D eigenvalue weighted by atomic mass is 16.6. The minimum absolute atomic E-state index is 0.160. The minimum Gasteiger partial charge on any atom is -0.444 e. The van der Waals surface area contributed by atoms with Crippen LogP contribution in [0.3, 0.4) is 0 Å². The third-order valence-electron chi connectivity index (χ3n) is 3.94. The first-order chi connectivity index (χ1) is 9.74. The quantitative estimate of drug-likeness (QED) is 0.832. The van der Waals surface area contributed by atoms with Gasteiger partial charge in [-0.1, -0.05) is 0 Å². The van der Waals surface area contributed by atoms with Crippen LogP contribution in [-0.2, 0) is 9.53 Å². The number of nitrogens with one attached hydrogen (secondary N) is 1. The molecule has 2 amide bonds. The Labute approximate surface area is 126 Å². The zero-order valence-electron chi connectivity index (χ0n) is 13.5. The first-order valence-electron chi connectivity index (χ1n) is 7.74. The summed E-state index contributed by atoms with van der Waals surface area (Å²) >= 11 is 0. The van der Waals surface area contributed by atoms with Crippen molar-refractivity contribution >= 4 is 12.0 Å². The Morgan fingerprint density at radius 2 is 1.62 bits per heavy atom. The smallest absolute Gasteiger partial charge is 0.410 e. The maximum atomic E-state index is 11.8. The molecule has 0 unspecified atom stereocenters. The highest BCUT2D eigenvalue weighted by Crippen LogP contribution is 2.17. The van der Waals surface area contributed by atoms with E-state index >= 15 is 0 Å². The second kappa shape index (κ2) is 6.22. The van der Waals surface area contributed by atoms with E-state index in [0.717, 1.165) is 25.9 Å². The van der Waals surface area contributed by atoms with Gasteiger partial charge in [-0.25, -0.2) is 4.79 Å². The molecular weight excluding hydrogens is 270 g/mol. The van der Waals surface area contributed by atoms with Crippen LogP contribution in [0, 0.1) is 0 Å². The SMILES string of the molecule is CC(=O)N1CCC(NC2CN(C(=O)OC(C)(C)C)C2)CC1. The van der Waals surface area contributed by atoms with Crippen molar-refractivity contribution < 1.29 is 14.3 Å². The van der Waals surface area contributed by atoms with Crippen molar-refractivity contribution in [2.45, 2.75) is 58.2 Å². The predicted octanol–water partition coefficient (Wildman–Crippen LogP) is 1.21. The fraction of sp³-hybridized carbons (Fsp3) is 0.867. The van der Waals surface area contributed by atoms with Crippen molar-refractivity contribution in [3.05, 3.63) is 0 Å². The number of likely N-dealkylation sites (tertiary alicyclic amines) is 2. The average Bonchev–Trinajstić information content (AvgIpc) is 2.31. The predicted molar refractivity (Wildman–Crippen MR) is 80.0 cm³/mol. The van der Waals surface area contributed by atoms with Gasteiger partial charge in [0.05, 0.1) is 0 Å². The van der Waals surface area contributed by atoms with Crippen LogP contribution in [0.5, 0.6) is 0 Å². The van der Waals surface area contributed by atoms with Crippen molar-refractivity contribution in [2.75, 3.05) is 26.2 Å². The van der Waals surface area contributed by atoms with E-state index < -0.39 is 5.60 Å². The third kappa shape index (κ3) is 4.59. The number of nitrogens with zero attached hydrogens (tertiary/aromatic N) is 2. The maximum absolute atomic E-state index is 11.8. The van der Waals surface area contributed by atoms with Gasteiger partial charge in [-0.3, -0.25) is 4.79 Å². The average molecular weight is 297 g/mol. The summed E-state index contributed by atoms with van der Waals surface area (Å²) in [6.07, 6.45) is 1.75. The van der Waals surface area contributed by atoms with Crippen LogP contribution >= 0.6 is 0 Å². The van der Waals surface area contributed by atoms with Gasteiger partial charge in [0, 0.05) is 45.2 Å². The summed E-state index contributed by atoms with van der Waals surface area (Å²) in [4.78, 5) is 26.7. The lowest BCUT2D eigenvalue weighted by molar-refractivity contribution is -0.130. The Morgan fingerprint density at radius 1 is 1.05 bits per heavy atom. The number of hydrogen-bond donors (Lipinski definition) is 1. The van der Waals surface area contributed by atoms with Crippen molar-refractivity contribution in [1.29, 1.82) is 0 Å². The molecule has 0 aromatic heterocycles. The molecule has 0 spiro atoms. The molecule has 0 aliphatic carbocycles. The van der Waals surface area contributed by atoms with Crippen molar-refractivity contribution in [3.63, 3.8) is 0 Å². The molecule has 2 saturated heterocycles. The standard InChI is InChI=1S/C15H27N3O3/c1-11(19)17-7-5-12(6-8-17)16-13-9-18(10-13)14(20)21-15(2,3)4/h12-13,16H,5-10H2,1-4H3. The molecule has 2 fully saturated rings. The van der Waals surface area contributed by atoms with Crippen molar-refractivity contribution in [2.24, 2.45) is 0 Å². The van der Waals surface area contributed by atoms with Crippen LogP contribution < -0.4 is 5.32 Å². The van der Waals surface area contributed by atoms with Gasteiger partial charge >= 0.3 is 6.09 Å². The fourth-order valence-corrected chi connectivity index (χ4v) is 2.75. The van der Waals surface area contributed by atoms with Crippen LogP contribution in [0.2, 0.25) is 0 Å². The van der Waals surface area contributed by atoms with E-state index in [-0.39, 0.29) is 12.0 Å². The Kier molecular flexibility index (Phi) is 4.76. The summed E-state index contributed by atoms with van der Waals surface area (Å²) in [6, 6.07) is 0.804. The molecule has 21 heavy (non-hydrogen) atoms. The molecule has 0 bridgehead atoms. The third-order valence-corrected chi connectivity index (χ3v) is 3.94. The molecule has 0 atom stereocenters. The molecule has 1 N–H and O–H groups in total. The monoisotopic (exact) mass is 297 g/mol. The Hall–Kier alpha value is -1.30. The van der Waals surface area contributed by atoms with Gasteiger partial charge in [-0.05, 0) is 33.6 Å². The topological polar surface area (TPSA) is 61.9 Å². The van der Waals surface area contributed by atoms with Crippen LogP contribution in [0.15, 0.2) is 0 Å². The van der Waals surface area contributed by atoms with E-state index in [9.17, 15) is 9.59 Å². The van der Waals surface area contributed by atoms with E-state index in [1.54, 1.807) is 11.8 Å².